The first-order valence-electron chi connectivity index (χ1n) is 47.9. The number of rotatable bonds is 19. The molecule has 4 saturated carbocycles. The molecule has 3 saturated heterocycles. The second-order valence-electron chi connectivity index (χ2n) is 43.1. The van der Waals surface area contributed by atoms with E-state index in [0.717, 1.165) is 73.4 Å². The normalized spacial score (nSPS) is 31.8. The maximum absolute atomic E-state index is 17.1. The van der Waals surface area contributed by atoms with Crippen molar-refractivity contribution in [3.8, 4) is 57.1 Å². The highest BCUT2D eigenvalue weighted by molar-refractivity contribution is 6.32. The number of carbonyl (C=O) groups is 11. The average molecular weight is 2020 g/mol. The van der Waals surface area contributed by atoms with Gasteiger partial charge in [0.15, 0.2) is 47.5 Å². The smallest absolute Gasteiger partial charge is 0.410 e. The van der Waals surface area contributed by atoms with E-state index < -0.39 is 315 Å². The van der Waals surface area contributed by atoms with Crippen molar-refractivity contribution >= 4 is 88.4 Å². The molecule has 15 bridgehead atoms. The van der Waals surface area contributed by atoms with Gasteiger partial charge in [0.25, 0.3) is 0 Å². The maximum atomic E-state index is 17.1. The molecule has 8 amide bonds. The number of hydrogen-bond acceptors (Lipinski definition) is 31. The van der Waals surface area contributed by atoms with Crippen molar-refractivity contribution in [1.29, 1.82) is 0 Å². The van der Waals surface area contributed by atoms with E-state index in [-0.39, 0.29) is 69.9 Å². The van der Waals surface area contributed by atoms with E-state index in [1.807, 2.05) is 0 Å². The summed E-state index contributed by atoms with van der Waals surface area (Å²) in [5.74, 6) is -17.4. The second-order valence-corrected chi connectivity index (χ2v) is 43.9. The Morgan fingerprint density at radius 2 is 1.15 bits per heavy atom. The van der Waals surface area contributed by atoms with Crippen LogP contribution in [-0.2, 0) is 76.3 Å². The van der Waals surface area contributed by atoms with Crippen LogP contribution in [-0.4, -0.2) is 243 Å². The zero-order valence-corrected chi connectivity index (χ0v) is 83.5. The summed E-state index contributed by atoms with van der Waals surface area (Å²) >= 11 is 15.0. The van der Waals surface area contributed by atoms with Gasteiger partial charge in [-0.15, -0.1) is 0 Å². The van der Waals surface area contributed by atoms with Crippen LogP contribution in [0.25, 0.3) is 11.1 Å². The van der Waals surface area contributed by atoms with Crippen LogP contribution in [0.1, 0.15) is 239 Å². The first-order valence-corrected chi connectivity index (χ1v) is 48.7. The number of hydrogen-bond donors (Lipinski definition) is 16. The van der Waals surface area contributed by atoms with Crippen LogP contribution in [0.3, 0.4) is 0 Å². The minimum atomic E-state index is -2.32. The number of phenols is 3. The third kappa shape index (κ3) is 24.0. The Balaban J connectivity index is 0.999. The number of aliphatic hydroxyl groups is 6. The Bertz CT molecular complexity index is 5620. The number of amides is 8. The SMILES string of the molecule is CC(C)C[C@H](C(=O)N[C@H]1C(=O)C[C@@H](CC(N)=O)C(=O)N[C@H]2C(=O)C[C@H]3C(=O)N[C@@H](C(=O)N[C@H](C(=O)CC4C5CC6CC(C5)CC4C6)c4cc(O)cc(O)c4-c4cc3ccc4O)[C@H](OC3CC(C)(NC(=O)OC(C)(C)C)C(O)C(C)O3)c3ccc(c(Cl)c3)Oc3cc2cc(c3OC2OC(CO)C(O)C(O)C2OC2CC(C)(NC(=O)OC(C)(C)C)C(O)C(C)O2)Oc2ccc(cc2Cl)[C@H]1O)N(C)C(=O)OC(C)(C)C. The number of phenolic OH excluding ortho intramolecular Hbond substituents is 3. The summed E-state index contributed by atoms with van der Waals surface area (Å²) in [5.41, 5.74) is -2.54. The van der Waals surface area contributed by atoms with E-state index in [2.05, 4.69) is 31.9 Å². The standard InChI is InChI=1S/C101H130Cl2N8O31/c1-43(2)23-62(111(16)96(131)142-99(11,12)13)91(127)107-79-65(116)32-54(35-73(104)119)89(125)105-77-53-33-70(134-68-21-18-49(81(79)120)30-60(68)102)85(139-93-86(83(122)82(121)72(42-112)136-93)138-75-41-101(15,88(124)45(4)133-75)110-95(130)141-98(8,9)10)71(34-53)135-69-22-19-50(31-61(69)103)84(137-74-40-100(14,87(123)44(3)132-74)109-94(129)140-97(5,6)7)80-92(128)106-78(67(118)38-56-51-25-46-24-47(27-51)28-52(56)26-46)59-36-55(113)37-64(115)76(59)58-29-48(17-20-63(58)114)57(39-66(77)117)90(126)108-80/h17-22,29-31,33-34,36-37,43-47,51-52,54,56-57,62,72,74-75,77-84,86-88,93,112-115,120-124H,23-28,32,35,38-42H2,1-16H3,(H2,104,119)(H,105,125)(H,106,128)(H,107,127)(H,108,126)(H,109,129)(H,110,130)/t44?,45?,46?,47?,51?,52?,54-,56?,57+,62+,72?,74?,75?,77+,78-,79-,80+,81+,82?,83?,84+,86?,87?,88?,93?,100?,101?/m0/s1. The first-order chi connectivity index (χ1) is 66.4. The lowest BCUT2D eigenvalue weighted by Gasteiger charge is -2.54. The highest BCUT2D eigenvalue weighted by Gasteiger charge is 2.56. The number of primary amides is 1. The summed E-state index contributed by atoms with van der Waals surface area (Å²) in [6.45, 7) is 22.8. The summed E-state index contributed by atoms with van der Waals surface area (Å²) in [6, 6.07) is 5.06. The Hall–Kier alpha value is -10.8. The summed E-state index contributed by atoms with van der Waals surface area (Å²) < 4.78 is 70.7. The Morgan fingerprint density at radius 3 is 1.70 bits per heavy atom. The molecule has 8 aliphatic heterocycles. The predicted octanol–water partition coefficient (Wildman–Crippen LogP) is 10.0. The number of aromatic hydroxyl groups is 3. The van der Waals surface area contributed by atoms with E-state index >= 15 is 33.6 Å². The van der Waals surface area contributed by atoms with Crippen molar-refractivity contribution in [3.63, 3.8) is 0 Å². The lowest BCUT2D eigenvalue weighted by atomic mass is 9.51. The van der Waals surface area contributed by atoms with E-state index in [9.17, 15) is 65.1 Å². The lowest BCUT2D eigenvalue weighted by Crippen LogP contribution is -2.66. The molecule has 0 aromatic heterocycles. The molecule has 17 rings (SSSR count). The van der Waals surface area contributed by atoms with Crippen molar-refractivity contribution in [2.24, 2.45) is 47.2 Å². The number of likely N-dealkylation sites (N-methyl/N-ethyl adjacent to an activating group) is 1. The van der Waals surface area contributed by atoms with Crippen LogP contribution in [0.5, 0.6) is 46.0 Å². The minimum absolute atomic E-state index is 0.0666. The molecule has 13 unspecified atom stereocenters. The van der Waals surface area contributed by atoms with Gasteiger partial charge in [-0.1, -0.05) is 55.2 Å². The summed E-state index contributed by atoms with van der Waals surface area (Å²) in [4.78, 5) is 170. The minimum Gasteiger partial charge on any atom is -0.508 e. The lowest BCUT2D eigenvalue weighted by molar-refractivity contribution is -0.334. The molecule has 4 aliphatic carbocycles. The topological polar surface area (TPSA) is 573 Å². The molecular weight excluding hydrogens is 1890 g/mol. The van der Waals surface area contributed by atoms with Gasteiger partial charge in [-0.05, 0) is 246 Å². The van der Waals surface area contributed by atoms with E-state index in [1.54, 1.807) is 76.2 Å². The van der Waals surface area contributed by atoms with E-state index in [0.29, 0.717) is 11.8 Å². The number of Topliss-reactive ketones (excluding diaryl/α,β-unsaturated/α-hetero) is 3. The zero-order chi connectivity index (χ0) is 104. The van der Waals surface area contributed by atoms with Crippen LogP contribution in [0.4, 0.5) is 14.4 Å². The number of nitrogens with one attached hydrogen (secondary N) is 6. The van der Waals surface area contributed by atoms with Gasteiger partial charge in [-0.3, -0.25) is 43.3 Å². The number of ether oxygens (including phenoxy) is 11. The molecule has 774 valence electrons. The van der Waals surface area contributed by atoms with Gasteiger partial charge in [0.1, 0.15) is 118 Å². The molecular formula is C101H130Cl2N8O31. The average Bonchev–Trinajstić information content (AvgIpc) is 0.751. The summed E-state index contributed by atoms with van der Waals surface area (Å²) in [5, 5.41) is 125. The fourth-order valence-corrected chi connectivity index (χ4v) is 21.8. The number of aliphatic hydroxyl groups excluding tert-OH is 6. The number of benzene rings is 5. The van der Waals surface area contributed by atoms with Crippen molar-refractivity contribution in [2.45, 2.75) is 325 Å². The molecule has 39 nitrogen and oxygen atoms in total. The van der Waals surface area contributed by atoms with Crippen LogP contribution < -0.4 is 51.8 Å². The molecule has 0 radical (unpaired) electrons. The molecule has 7 fully saturated rings. The molecule has 17 N–H and O–H groups in total. The van der Waals surface area contributed by atoms with Gasteiger partial charge >= 0.3 is 18.3 Å². The maximum Gasteiger partial charge on any atom is 0.410 e. The largest absolute Gasteiger partial charge is 0.508 e. The van der Waals surface area contributed by atoms with Crippen LogP contribution in [0.15, 0.2) is 78.9 Å². The van der Waals surface area contributed by atoms with Gasteiger partial charge in [-0.25, -0.2) is 14.4 Å². The Labute approximate surface area is 831 Å². The van der Waals surface area contributed by atoms with Crippen molar-refractivity contribution in [2.75, 3.05) is 13.7 Å². The highest BCUT2D eigenvalue weighted by Crippen LogP contribution is 2.59. The monoisotopic (exact) mass is 2020 g/mol. The number of alkyl carbamates (subject to hydrolysis) is 2. The molecule has 8 heterocycles. The summed E-state index contributed by atoms with van der Waals surface area (Å²) in [7, 11) is 1.28. The number of halogens is 2. The van der Waals surface area contributed by atoms with Gasteiger partial charge < -0.3 is 136 Å². The quantitative estimate of drug-likeness (QED) is 0.0342. The molecule has 5 aromatic carbocycles. The Kier molecular flexibility index (Phi) is 31.7. The molecule has 142 heavy (non-hydrogen) atoms. The van der Waals surface area contributed by atoms with Crippen molar-refractivity contribution < 1.29 is 151 Å². The van der Waals surface area contributed by atoms with Crippen LogP contribution in [0.2, 0.25) is 10.0 Å². The van der Waals surface area contributed by atoms with Crippen LogP contribution >= 0.6 is 23.2 Å². The fraction of sp³-hybridized carbons (Fsp3) is 0.594. The number of nitrogens with two attached hydrogens (primary N) is 1. The molecule has 22 atom stereocenters. The van der Waals surface area contributed by atoms with Crippen molar-refractivity contribution in [3.05, 3.63) is 117 Å². The number of nitrogens with zero attached hydrogens (tertiary/aromatic N) is 1. The number of ketones is 3. The Morgan fingerprint density at radius 1 is 0.606 bits per heavy atom. The number of carbonyl (C=O) groups excluding carboxylic acids is 11. The van der Waals surface area contributed by atoms with E-state index in [1.165, 1.54) is 77.2 Å². The van der Waals surface area contributed by atoms with Gasteiger partial charge in [-0.2, -0.15) is 0 Å². The van der Waals surface area contributed by atoms with Gasteiger partial charge in [0.05, 0.1) is 51.8 Å². The van der Waals surface area contributed by atoms with Crippen molar-refractivity contribution in [1.82, 2.24) is 36.8 Å². The van der Waals surface area contributed by atoms with E-state index in [4.69, 9.17) is 81.0 Å². The zero-order valence-electron chi connectivity index (χ0n) is 82.0. The highest BCUT2D eigenvalue weighted by atomic mass is 35.5. The van der Waals surface area contributed by atoms with Gasteiger partial charge in [0.2, 0.25) is 41.6 Å². The molecule has 0 spiro atoms. The van der Waals surface area contributed by atoms with Crippen LogP contribution in [0, 0.1) is 41.4 Å². The molecule has 41 heteroatoms. The second kappa shape index (κ2) is 42.1. The third-order valence-corrected chi connectivity index (χ3v) is 28.5. The molecule has 12 aliphatic rings. The van der Waals surface area contributed by atoms with Gasteiger partial charge in [0, 0.05) is 62.8 Å². The fourth-order valence-electron chi connectivity index (χ4n) is 21.3. The first kappa shape index (κ1) is 107. The summed E-state index contributed by atoms with van der Waals surface area (Å²) in [6.07, 6.45) is -25.9. The number of fused-ring (bicyclic) bond motifs is 15. The molecule has 5 aromatic rings. The predicted molar refractivity (Wildman–Crippen MR) is 506 cm³/mol. The third-order valence-electron chi connectivity index (χ3n) is 27.9.